The molecular formula is C7H5Cl2NO2. The van der Waals surface area contributed by atoms with Crippen LogP contribution in [0.4, 0.5) is 4.79 Å². The molecule has 0 saturated heterocycles. The zero-order valence-electron chi connectivity index (χ0n) is 5.96. The van der Waals surface area contributed by atoms with Crippen LogP contribution in [0.2, 0.25) is 5.15 Å². The van der Waals surface area contributed by atoms with Crippen molar-refractivity contribution >= 4 is 28.6 Å². The van der Waals surface area contributed by atoms with E-state index in [4.69, 9.17) is 23.2 Å². The Kier molecular flexibility index (Phi) is 3.31. The zero-order chi connectivity index (χ0) is 8.97. The first-order valence-electron chi connectivity index (χ1n) is 3.11. The van der Waals surface area contributed by atoms with E-state index >= 15 is 0 Å². The van der Waals surface area contributed by atoms with Crippen LogP contribution in [-0.4, -0.2) is 10.4 Å². The molecule has 0 amide bonds. The van der Waals surface area contributed by atoms with Gasteiger partial charge in [-0.25, -0.2) is 9.78 Å². The number of rotatable bonds is 2. The maximum Gasteiger partial charge on any atom is 0.404 e. The lowest BCUT2D eigenvalue weighted by Crippen LogP contribution is -1.94. The first-order valence-corrected chi connectivity index (χ1v) is 3.87. The van der Waals surface area contributed by atoms with E-state index in [-0.39, 0.29) is 6.61 Å². The molecule has 0 saturated carbocycles. The number of ether oxygens (including phenoxy) is 1. The van der Waals surface area contributed by atoms with Crippen molar-refractivity contribution in [1.82, 2.24) is 4.98 Å². The highest BCUT2D eigenvalue weighted by Gasteiger charge is 1.98. The van der Waals surface area contributed by atoms with Crippen LogP contribution in [0.3, 0.4) is 0 Å². The predicted molar refractivity (Wildman–Crippen MR) is 45.3 cm³/mol. The lowest BCUT2D eigenvalue weighted by molar-refractivity contribution is 0.167. The Labute approximate surface area is 79.3 Å². The van der Waals surface area contributed by atoms with Gasteiger partial charge in [-0.3, -0.25) is 0 Å². The second-order valence-corrected chi connectivity index (χ2v) is 2.71. The van der Waals surface area contributed by atoms with Crippen LogP contribution in [0.25, 0.3) is 0 Å². The molecule has 1 heterocycles. The van der Waals surface area contributed by atoms with Crippen LogP contribution in [0.1, 0.15) is 5.56 Å². The summed E-state index contributed by atoms with van der Waals surface area (Å²) in [5.41, 5.74) is -0.0769. The van der Waals surface area contributed by atoms with Crippen molar-refractivity contribution in [1.29, 1.82) is 0 Å². The Morgan fingerprint density at radius 3 is 3.00 bits per heavy atom. The minimum atomic E-state index is -0.831. The third-order valence-corrected chi connectivity index (χ3v) is 1.46. The molecule has 0 unspecified atom stereocenters. The van der Waals surface area contributed by atoms with Gasteiger partial charge in [0.15, 0.2) is 0 Å². The van der Waals surface area contributed by atoms with Gasteiger partial charge in [0.05, 0.1) is 0 Å². The van der Waals surface area contributed by atoms with E-state index in [1.54, 1.807) is 12.1 Å². The lowest BCUT2D eigenvalue weighted by Gasteiger charge is -1.99. The lowest BCUT2D eigenvalue weighted by atomic mass is 10.3. The second kappa shape index (κ2) is 4.28. The third kappa shape index (κ3) is 3.07. The third-order valence-electron chi connectivity index (χ3n) is 1.14. The van der Waals surface area contributed by atoms with Gasteiger partial charge in [0.25, 0.3) is 0 Å². The normalized spacial score (nSPS) is 9.50. The summed E-state index contributed by atoms with van der Waals surface area (Å²) >= 11 is 10.5. The van der Waals surface area contributed by atoms with Crippen LogP contribution in [-0.2, 0) is 11.3 Å². The molecular weight excluding hydrogens is 201 g/mol. The van der Waals surface area contributed by atoms with E-state index in [9.17, 15) is 4.79 Å². The van der Waals surface area contributed by atoms with Gasteiger partial charge in [0.1, 0.15) is 11.8 Å². The van der Waals surface area contributed by atoms with E-state index < -0.39 is 5.43 Å². The number of pyridine rings is 1. The number of hydrogen-bond donors (Lipinski definition) is 0. The van der Waals surface area contributed by atoms with E-state index in [0.29, 0.717) is 5.15 Å². The number of halogens is 2. The number of carbonyl (C=O) groups is 1. The molecule has 0 N–H and O–H groups in total. The summed E-state index contributed by atoms with van der Waals surface area (Å²) in [6.45, 7) is 0.116. The fourth-order valence-corrected chi connectivity index (χ4v) is 0.923. The largest absolute Gasteiger partial charge is 0.449 e. The van der Waals surface area contributed by atoms with Crippen molar-refractivity contribution < 1.29 is 9.53 Å². The molecule has 5 heteroatoms. The number of nitrogens with zero attached hydrogens (tertiary/aromatic N) is 1. The van der Waals surface area contributed by atoms with Gasteiger partial charge in [-0.1, -0.05) is 11.6 Å². The first kappa shape index (κ1) is 9.29. The predicted octanol–water partition coefficient (Wildman–Crippen LogP) is 2.61. The quantitative estimate of drug-likeness (QED) is 0.551. The van der Waals surface area contributed by atoms with Crippen molar-refractivity contribution in [3.63, 3.8) is 0 Å². The number of hydrogen-bond acceptors (Lipinski definition) is 3. The maximum absolute atomic E-state index is 10.2. The van der Waals surface area contributed by atoms with Crippen LogP contribution in [0.15, 0.2) is 18.3 Å². The van der Waals surface area contributed by atoms with Crippen molar-refractivity contribution in [3.8, 4) is 0 Å². The number of aromatic nitrogens is 1. The smallest absolute Gasteiger partial charge is 0.404 e. The Hall–Kier alpha value is -0.800. The van der Waals surface area contributed by atoms with Gasteiger partial charge in [-0.15, -0.1) is 0 Å². The van der Waals surface area contributed by atoms with Crippen LogP contribution in [0, 0.1) is 0 Å². The molecule has 3 nitrogen and oxygen atoms in total. The van der Waals surface area contributed by atoms with Gasteiger partial charge >= 0.3 is 5.43 Å². The van der Waals surface area contributed by atoms with Crippen molar-refractivity contribution in [3.05, 3.63) is 29.0 Å². The molecule has 0 aliphatic heterocycles. The van der Waals surface area contributed by atoms with Crippen molar-refractivity contribution in [2.24, 2.45) is 0 Å². The van der Waals surface area contributed by atoms with Gasteiger partial charge in [0, 0.05) is 17.8 Å². The number of carbonyl (C=O) groups excluding carboxylic acids is 1. The summed E-state index contributed by atoms with van der Waals surface area (Å²) in [5, 5.41) is 0.359. The molecule has 1 aromatic rings. The average molecular weight is 206 g/mol. The highest BCUT2D eigenvalue weighted by Crippen LogP contribution is 2.08. The summed E-state index contributed by atoms with van der Waals surface area (Å²) in [6, 6.07) is 3.28. The summed E-state index contributed by atoms with van der Waals surface area (Å²) in [6.07, 6.45) is 1.53. The fraction of sp³-hybridized carbons (Fsp3) is 0.143. The average Bonchev–Trinajstić information content (AvgIpc) is 2.01. The molecule has 0 bridgehead atoms. The monoisotopic (exact) mass is 205 g/mol. The molecule has 0 aliphatic carbocycles. The maximum atomic E-state index is 10.2. The van der Waals surface area contributed by atoms with Gasteiger partial charge in [0.2, 0.25) is 0 Å². The summed E-state index contributed by atoms with van der Waals surface area (Å²) < 4.78 is 4.52. The molecule has 0 atom stereocenters. The topological polar surface area (TPSA) is 39.2 Å². The van der Waals surface area contributed by atoms with Crippen LogP contribution >= 0.6 is 23.2 Å². The molecule has 0 aliphatic rings. The highest BCUT2D eigenvalue weighted by molar-refractivity contribution is 6.61. The van der Waals surface area contributed by atoms with Crippen LogP contribution in [0.5, 0.6) is 0 Å². The van der Waals surface area contributed by atoms with Gasteiger partial charge in [-0.2, -0.15) is 0 Å². The second-order valence-electron chi connectivity index (χ2n) is 2.01. The first-order chi connectivity index (χ1) is 5.68. The van der Waals surface area contributed by atoms with E-state index in [1.165, 1.54) is 6.20 Å². The molecule has 12 heavy (non-hydrogen) atoms. The SMILES string of the molecule is O=C(Cl)OCc1ccnc(Cl)c1. The minimum absolute atomic E-state index is 0.116. The minimum Gasteiger partial charge on any atom is -0.449 e. The van der Waals surface area contributed by atoms with Crippen molar-refractivity contribution in [2.75, 3.05) is 0 Å². The molecule has 0 spiro atoms. The van der Waals surface area contributed by atoms with Crippen molar-refractivity contribution in [2.45, 2.75) is 6.61 Å². The zero-order valence-corrected chi connectivity index (χ0v) is 7.47. The molecule has 0 radical (unpaired) electrons. The molecule has 64 valence electrons. The van der Waals surface area contributed by atoms with E-state index in [0.717, 1.165) is 5.56 Å². The van der Waals surface area contributed by atoms with Gasteiger partial charge < -0.3 is 4.74 Å². The summed E-state index contributed by atoms with van der Waals surface area (Å²) in [4.78, 5) is 14.0. The van der Waals surface area contributed by atoms with E-state index in [1.807, 2.05) is 0 Å². The molecule has 1 rings (SSSR count). The molecule has 1 aromatic heterocycles. The van der Waals surface area contributed by atoms with Gasteiger partial charge in [-0.05, 0) is 17.7 Å². The Bertz CT molecular complexity index is 290. The molecule has 0 fully saturated rings. The fourth-order valence-electron chi connectivity index (χ4n) is 0.672. The summed E-state index contributed by atoms with van der Waals surface area (Å²) in [7, 11) is 0. The standard InChI is InChI=1S/C7H5Cl2NO2/c8-6-3-5(1-2-10-6)4-12-7(9)11/h1-3H,4H2. The Morgan fingerprint density at radius 1 is 1.67 bits per heavy atom. The highest BCUT2D eigenvalue weighted by atomic mass is 35.5. The Balaban J connectivity index is 2.57. The van der Waals surface area contributed by atoms with Crippen LogP contribution < -0.4 is 0 Å². The van der Waals surface area contributed by atoms with E-state index in [2.05, 4.69) is 9.72 Å². The summed E-state index contributed by atoms with van der Waals surface area (Å²) in [5.74, 6) is 0. The molecule has 0 aromatic carbocycles. The Morgan fingerprint density at radius 2 is 2.42 bits per heavy atom.